The topological polar surface area (TPSA) is 44.4 Å². The molecule has 3 atom stereocenters. The van der Waals surface area contributed by atoms with E-state index in [4.69, 9.17) is 0 Å². The summed E-state index contributed by atoms with van der Waals surface area (Å²) in [7, 11) is 2.25. The van der Waals surface area contributed by atoms with E-state index in [9.17, 15) is 4.79 Å². The molecule has 1 amide bonds. The van der Waals surface area contributed by atoms with Gasteiger partial charge in [0, 0.05) is 24.7 Å². The van der Waals surface area contributed by atoms with E-state index in [1.165, 1.54) is 44.9 Å². The molecule has 0 aromatic rings. The molecule has 3 fully saturated rings. The van der Waals surface area contributed by atoms with Crippen LogP contribution in [-0.2, 0) is 4.79 Å². The summed E-state index contributed by atoms with van der Waals surface area (Å²) in [6.45, 7) is 1.95. The van der Waals surface area contributed by atoms with E-state index in [1.807, 2.05) is 0 Å². The molecular weight excluding hydrogens is 262 g/mol. The Morgan fingerprint density at radius 3 is 2.67 bits per heavy atom. The number of rotatable bonds is 6. The van der Waals surface area contributed by atoms with Crippen molar-refractivity contribution < 1.29 is 4.79 Å². The van der Waals surface area contributed by atoms with Crippen LogP contribution in [0.15, 0.2) is 0 Å². The van der Waals surface area contributed by atoms with Crippen molar-refractivity contribution >= 4 is 5.91 Å². The van der Waals surface area contributed by atoms with Gasteiger partial charge in [-0.2, -0.15) is 0 Å². The second-order valence-electron chi connectivity index (χ2n) is 7.31. The second-order valence-corrected chi connectivity index (χ2v) is 7.31. The first-order chi connectivity index (χ1) is 10.2. The number of nitrogens with zero attached hydrogens (tertiary/aromatic N) is 1. The molecule has 0 spiro atoms. The van der Waals surface area contributed by atoms with Crippen molar-refractivity contribution in [3.8, 4) is 0 Å². The van der Waals surface area contributed by atoms with Gasteiger partial charge in [-0.25, -0.2) is 0 Å². The van der Waals surface area contributed by atoms with Gasteiger partial charge in [0.25, 0.3) is 0 Å². The van der Waals surface area contributed by atoms with Crippen molar-refractivity contribution in [2.24, 2.45) is 5.92 Å². The molecule has 3 rings (SSSR count). The number of hydrogen-bond donors (Lipinski definition) is 2. The minimum Gasteiger partial charge on any atom is -0.356 e. The van der Waals surface area contributed by atoms with Crippen molar-refractivity contribution in [1.82, 2.24) is 15.5 Å². The quantitative estimate of drug-likeness (QED) is 0.735. The van der Waals surface area contributed by atoms with Crippen molar-refractivity contribution in [2.75, 3.05) is 20.1 Å². The third kappa shape index (κ3) is 3.78. The van der Waals surface area contributed by atoms with Gasteiger partial charge in [0.1, 0.15) is 0 Å². The zero-order valence-corrected chi connectivity index (χ0v) is 13.4. The molecule has 21 heavy (non-hydrogen) atoms. The predicted molar refractivity (Wildman–Crippen MR) is 85.2 cm³/mol. The van der Waals surface area contributed by atoms with E-state index in [-0.39, 0.29) is 11.8 Å². The van der Waals surface area contributed by atoms with E-state index in [2.05, 4.69) is 22.6 Å². The summed E-state index contributed by atoms with van der Waals surface area (Å²) in [6.07, 6.45) is 11.5. The fourth-order valence-corrected chi connectivity index (χ4v) is 4.49. The zero-order valence-electron chi connectivity index (χ0n) is 13.4. The second kappa shape index (κ2) is 7.10. The van der Waals surface area contributed by atoms with Gasteiger partial charge in [0.05, 0.1) is 5.92 Å². The fraction of sp³-hybridized carbons (Fsp3) is 0.941. The van der Waals surface area contributed by atoms with Crippen LogP contribution in [0.3, 0.4) is 0 Å². The molecule has 4 nitrogen and oxygen atoms in total. The maximum Gasteiger partial charge on any atom is 0.224 e. The molecule has 0 radical (unpaired) electrons. The third-order valence-corrected chi connectivity index (χ3v) is 5.82. The van der Waals surface area contributed by atoms with E-state index in [1.54, 1.807) is 0 Å². The molecule has 3 unspecified atom stereocenters. The summed E-state index contributed by atoms with van der Waals surface area (Å²) in [4.78, 5) is 14.7. The minimum atomic E-state index is 0.236. The normalized spacial score (nSPS) is 32.8. The average Bonchev–Trinajstić information content (AvgIpc) is 3.15. The molecule has 4 heteroatoms. The standard InChI is InChI=1S/C17H31N3O/c1-20(14-6-3-2-4-7-14)11-5-10-18-17(21)15-12-13-8-9-16(15)19-13/h13-16,19H,2-12H2,1H3,(H,18,21). The lowest BCUT2D eigenvalue weighted by molar-refractivity contribution is -0.125. The molecule has 1 saturated carbocycles. The fourth-order valence-electron chi connectivity index (χ4n) is 4.49. The Kier molecular flexibility index (Phi) is 5.17. The van der Waals surface area contributed by atoms with Crippen LogP contribution in [0.25, 0.3) is 0 Å². The molecule has 0 aromatic heterocycles. The number of amides is 1. The molecule has 120 valence electrons. The molecular formula is C17H31N3O. The Morgan fingerprint density at radius 1 is 1.19 bits per heavy atom. The lowest BCUT2D eigenvalue weighted by Gasteiger charge is -2.31. The first-order valence-corrected chi connectivity index (χ1v) is 8.98. The SMILES string of the molecule is CN(CCCNC(=O)C1CC2CCC1N2)C1CCCCC1. The molecule has 1 aliphatic carbocycles. The number of carbonyl (C=O) groups is 1. The van der Waals surface area contributed by atoms with Gasteiger partial charge >= 0.3 is 0 Å². The van der Waals surface area contributed by atoms with Gasteiger partial charge in [0.15, 0.2) is 0 Å². The number of nitrogens with one attached hydrogen (secondary N) is 2. The summed E-state index contributed by atoms with van der Waals surface area (Å²) in [5.41, 5.74) is 0. The summed E-state index contributed by atoms with van der Waals surface area (Å²) >= 11 is 0. The van der Waals surface area contributed by atoms with E-state index >= 15 is 0 Å². The molecule has 2 N–H and O–H groups in total. The monoisotopic (exact) mass is 293 g/mol. The zero-order chi connectivity index (χ0) is 14.7. The van der Waals surface area contributed by atoms with Crippen molar-refractivity contribution in [1.29, 1.82) is 0 Å². The third-order valence-electron chi connectivity index (χ3n) is 5.82. The van der Waals surface area contributed by atoms with Crippen LogP contribution in [0.4, 0.5) is 0 Å². The highest BCUT2D eigenvalue weighted by Crippen LogP contribution is 2.33. The Balaban J connectivity index is 1.30. The van der Waals surface area contributed by atoms with Gasteiger partial charge in [-0.3, -0.25) is 4.79 Å². The lowest BCUT2D eigenvalue weighted by atomic mass is 9.88. The Bertz CT molecular complexity index is 354. The summed E-state index contributed by atoms with van der Waals surface area (Å²) in [6, 6.07) is 1.85. The van der Waals surface area contributed by atoms with Gasteiger partial charge in [-0.15, -0.1) is 0 Å². The van der Waals surface area contributed by atoms with Gasteiger partial charge in [0.2, 0.25) is 5.91 Å². The molecule has 2 heterocycles. The Hall–Kier alpha value is -0.610. The maximum atomic E-state index is 12.2. The molecule has 2 saturated heterocycles. The van der Waals surface area contributed by atoms with Crippen LogP contribution in [0.1, 0.15) is 57.8 Å². The molecule has 0 aromatic carbocycles. The summed E-state index contributed by atoms with van der Waals surface area (Å²) in [5.74, 6) is 0.523. The summed E-state index contributed by atoms with van der Waals surface area (Å²) < 4.78 is 0. The predicted octanol–water partition coefficient (Wildman–Crippen LogP) is 1.90. The lowest BCUT2D eigenvalue weighted by Crippen LogP contribution is -2.39. The Morgan fingerprint density at radius 2 is 2.00 bits per heavy atom. The maximum absolute atomic E-state index is 12.2. The first-order valence-electron chi connectivity index (χ1n) is 8.98. The van der Waals surface area contributed by atoms with Gasteiger partial charge < -0.3 is 15.5 Å². The van der Waals surface area contributed by atoms with E-state index in [0.29, 0.717) is 12.1 Å². The Labute approximate surface area is 129 Å². The van der Waals surface area contributed by atoms with Crippen molar-refractivity contribution in [2.45, 2.75) is 75.9 Å². The molecule has 3 aliphatic rings. The summed E-state index contributed by atoms with van der Waals surface area (Å²) in [5, 5.41) is 6.70. The first kappa shape index (κ1) is 15.3. The number of hydrogen-bond acceptors (Lipinski definition) is 3. The number of fused-ring (bicyclic) bond motifs is 2. The van der Waals surface area contributed by atoms with Crippen LogP contribution in [-0.4, -0.2) is 49.1 Å². The van der Waals surface area contributed by atoms with E-state index < -0.39 is 0 Å². The van der Waals surface area contributed by atoms with Crippen LogP contribution in [0.5, 0.6) is 0 Å². The molecule has 2 aliphatic heterocycles. The van der Waals surface area contributed by atoms with Crippen LogP contribution >= 0.6 is 0 Å². The van der Waals surface area contributed by atoms with Crippen molar-refractivity contribution in [3.63, 3.8) is 0 Å². The highest BCUT2D eigenvalue weighted by molar-refractivity contribution is 5.80. The number of carbonyl (C=O) groups excluding carboxylic acids is 1. The highest BCUT2D eigenvalue weighted by atomic mass is 16.1. The largest absolute Gasteiger partial charge is 0.356 e. The minimum absolute atomic E-state index is 0.236. The highest BCUT2D eigenvalue weighted by Gasteiger charge is 2.42. The van der Waals surface area contributed by atoms with Gasteiger partial charge in [-0.05, 0) is 52.1 Å². The smallest absolute Gasteiger partial charge is 0.224 e. The van der Waals surface area contributed by atoms with Crippen LogP contribution in [0, 0.1) is 5.92 Å². The molecule has 2 bridgehead atoms. The van der Waals surface area contributed by atoms with E-state index in [0.717, 1.165) is 32.0 Å². The van der Waals surface area contributed by atoms with Crippen LogP contribution in [0.2, 0.25) is 0 Å². The average molecular weight is 293 g/mol. The van der Waals surface area contributed by atoms with Crippen molar-refractivity contribution in [3.05, 3.63) is 0 Å². The van der Waals surface area contributed by atoms with Gasteiger partial charge in [-0.1, -0.05) is 19.3 Å². The van der Waals surface area contributed by atoms with Crippen LogP contribution < -0.4 is 10.6 Å².